The first-order chi connectivity index (χ1) is 13.8. The number of halogens is 1. The highest BCUT2D eigenvalue weighted by molar-refractivity contribution is 7.91. The number of fused-ring (bicyclic) bond motifs is 1. The van der Waals surface area contributed by atoms with Crippen molar-refractivity contribution in [2.45, 2.75) is 21.7 Å². The first-order valence-corrected chi connectivity index (χ1v) is 11.5. The van der Waals surface area contributed by atoms with Gasteiger partial charge in [-0.2, -0.15) is 0 Å². The molecule has 1 atom stereocenters. The molecule has 0 saturated heterocycles. The number of nitrogens with zero attached hydrogens (tertiary/aromatic N) is 3. The van der Waals surface area contributed by atoms with Gasteiger partial charge in [-0.1, -0.05) is 17.7 Å². The zero-order chi connectivity index (χ0) is 20.8. The average molecular weight is 430 g/mol. The number of sulfone groups is 1. The van der Waals surface area contributed by atoms with E-state index in [1.165, 1.54) is 36.8 Å². The van der Waals surface area contributed by atoms with Gasteiger partial charge in [-0.15, -0.1) is 0 Å². The summed E-state index contributed by atoms with van der Waals surface area (Å²) in [5, 5.41) is 0.321. The molecule has 0 saturated carbocycles. The number of aromatic nitrogens is 4. The Morgan fingerprint density at radius 1 is 1.10 bits per heavy atom. The summed E-state index contributed by atoms with van der Waals surface area (Å²) in [6.45, 7) is 1.83. The third kappa shape index (κ3) is 3.34. The number of rotatable bonds is 4. The van der Waals surface area contributed by atoms with Crippen LogP contribution in [0.5, 0.6) is 0 Å². The van der Waals surface area contributed by atoms with Crippen molar-refractivity contribution in [1.29, 1.82) is 0 Å². The maximum absolute atomic E-state index is 14.8. The zero-order valence-corrected chi connectivity index (χ0v) is 17.0. The Hall–Kier alpha value is -2.98. The lowest BCUT2D eigenvalue weighted by Gasteiger charge is -2.09. The van der Waals surface area contributed by atoms with Gasteiger partial charge < -0.3 is 4.98 Å². The van der Waals surface area contributed by atoms with Gasteiger partial charge in [-0.25, -0.2) is 27.8 Å². The van der Waals surface area contributed by atoms with E-state index in [2.05, 4.69) is 19.9 Å². The molecule has 3 heterocycles. The topological polar surface area (TPSA) is 106 Å². The number of aryl methyl sites for hydroxylation is 1. The van der Waals surface area contributed by atoms with Crippen LogP contribution >= 0.6 is 0 Å². The van der Waals surface area contributed by atoms with Crippen molar-refractivity contribution in [2.24, 2.45) is 0 Å². The third-order valence-corrected chi connectivity index (χ3v) is 7.02. The Balaban J connectivity index is 2.02. The second-order valence-corrected chi connectivity index (χ2v) is 9.56. The third-order valence-electron chi connectivity index (χ3n) is 4.38. The van der Waals surface area contributed by atoms with Crippen LogP contribution in [0.2, 0.25) is 0 Å². The van der Waals surface area contributed by atoms with Gasteiger partial charge in [0, 0.05) is 24.2 Å². The molecule has 0 fully saturated rings. The van der Waals surface area contributed by atoms with Crippen LogP contribution in [-0.2, 0) is 20.6 Å². The van der Waals surface area contributed by atoms with Crippen molar-refractivity contribution in [3.8, 4) is 11.4 Å². The summed E-state index contributed by atoms with van der Waals surface area (Å²) in [6.07, 6.45) is 5.21. The quantitative estimate of drug-likeness (QED) is 0.499. The molecule has 0 amide bonds. The average Bonchev–Trinajstić information content (AvgIpc) is 3.12. The fourth-order valence-electron chi connectivity index (χ4n) is 2.95. The number of hydrogen-bond acceptors (Lipinski definition) is 6. The van der Waals surface area contributed by atoms with Crippen LogP contribution in [0, 0.1) is 12.7 Å². The van der Waals surface area contributed by atoms with Crippen LogP contribution in [0.3, 0.4) is 0 Å². The van der Waals surface area contributed by atoms with Gasteiger partial charge in [-0.3, -0.25) is 4.21 Å². The van der Waals surface area contributed by atoms with Crippen molar-refractivity contribution in [1.82, 2.24) is 19.9 Å². The van der Waals surface area contributed by atoms with E-state index in [0.29, 0.717) is 0 Å². The molecule has 0 aliphatic rings. The van der Waals surface area contributed by atoms with E-state index in [0.717, 1.165) is 11.8 Å². The minimum Gasteiger partial charge on any atom is -0.345 e. The lowest BCUT2D eigenvalue weighted by Crippen LogP contribution is -2.07. The molecule has 0 bridgehead atoms. The minimum absolute atomic E-state index is 0.0361. The monoisotopic (exact) mass is 430 g/mol. The van der Waals surface area contributed by atoms with Crippen molar-refractivity contribution in [2.75, 3.05) is 6.26 Å². The molecule has 4 aromatic rings. The molecular weight excluding hydrogens is 415 g/mol. The fraction of sp³-hybridized carbons (Fsp3) is 0.105. The maximum Gasteiger partial charge on any atom is 0.210 e. The second-order valence-electron chi connectivity index (χ2n) is 6.35. The molecule has 1 aromatic carbocycles. The first-order valence-electron chi connectivity index (χ1n) is 8.43. The molecule has 1 N–H and O–H groups in total. The van der Waals surface area contributed by atoms with Crippen LogP contribution < -0.4 is 0 Å². The molecule has 0 radical (unpaired) electrons. The van der Waals surface area contributed by atoms with E-state index in [9.17, 15) is 17.0 Å². The summed E-state index contributed by atoms with van der Waals surface area (Å²) in [5.74, 6) is -0.856. The van der Waals surface area contributed by atoms with Gasteiger partial charge in [0.2, 0.25) is 9.84 Å². The Morgan fingerprint density at radius 2 is 1.83 bits per heavy atom. The molecular formula is C19H15FN4O3S2. The highest BCUT2D eigenvalue weighted by Gasteiger charge is 2.28. The molecule has 7 nitrogen and oxygen atoms in total. The minimum atomic E-state index is -4.19. The Kier molecular flexibility index (Phi) is 4.75. The molecule has 0 spiro atoms. The van der Waals surface area contributed by atoms with Gasteiger partial charge in [0.25, 0.3) is 0 Å². The summed E-state index contributed by atoms with van der Waals surface area (Å²) in [7, 11) is -5.55. The molecule has 29 heavy (non-hydrogen) atoms. The molecule has 0 aliphatic carbocycles. The normalized spacial score (nSPS) is 12.9. The molecule has 148 valence electrons. The summed E-state index contributed by atoms with van der Waals surface area (Å²) in [5.41, 5.74) is 1.31. The Bertz CT molecular complexity index is 1370. The maximum atomic E-state index is 14.8. The van der Waals surface area contributed by atoms with Crippen LogP contribution in [0.1, 0.15) is 5.56 Å². The first kappa shape index (κ1) is 19.3. The van der Waals surface area contributed by atoms with Gasteiger partial charge in [0.1, 0.15) is 15.6 Å². The van der Waals surface area contributed by atoms with Crippen LogP contribution in [0.4, 0.5) is 4.39 Å². The molecule has 1 unspecified atom stereocenters. The number of nitrogens with one attached hydrogen (secondary N) is 1. The number of benzene rings is 1. The van der Waals surface area contributed by atoms with Crippen LogP contribution in [0.25, 0.3) is 22.4 Å². The van der Waals surface area contributed by atoms with Gasteiger partial charge in [0.15, 0.2) is 11.6 Å². The van der Waals surface area contributed by atoms with Gasteiger partial charge >= 0.3 is 0 Å². The molecule has 3 aromatic heterocycles. The fourth-order valence-corrected chi connectivity index (χ4v) is 4.93. The number of hydrogen-bond donors (Lipinski definition) is 1. The highest BCUT2D eigenvalue weighted by atomic mass is 32.2. The number of aromatic amines is 1. The van der Waals surface area contributed by atoms with Crippen molar-refractivity contribution in [3.63, 3.8) is 0 Å². The molecule has 4 rings (SSSR count). The molecule has 0 aliphatic heterocycles. The van der Waals surface area contributed by atoms with Gasteiger partial charge in [-0.05, 0) is 25.1 Å². The van der Waals surface area contributed by atoms with E-state index in [4.69, 9.17) is 0 Å². The lowest BCUT2D eigenvalue weighted by molar-refractivity contribution is 0.567. The predicted molar refractivity (Wildman–Crippen MR) is 106 cm³/mol. The van der Waals surface area contributed by atoms with Gasteiger partial charge in [0.05, 0.1) is 27.3 Å². The second kappa shape index (κ2) is 7.12. The molecule has 10 heteroatoms. The largest absolute Gasteiger partial charge is 0.345 e. The summed E-state index contributed by atoms with van der Waals surface area (Å²) < 4.78 is 53.1. The smallest absolute Gasteiger partial charge is 0.210 e. The van der Waals surface area contributed by atoms with E-state index in [-0.39, 0.29) is 32.3 Å². The van der Waals surface area contributed by atoms with Crippen LogP contribution in [0.15, 0.2) is 63.7 Å². The SMILES string of the molecule is Cc1ccc(S(=O)(=O)c2c(F)cnc3[nH]cc(-c4nccc(S(C)=O)n4)c23)cc1. The zero-order valence-electron chi connectivity index (χ0n) is 15.4. The van der Waals surface area contributed by atoms with E-state index < -0.39 is 31.3 Å². The van der Waals surface area contributed by atoms with Crippen molar-refractivity contribution in [3.05, 3.63) is 60.3 Å². The lowest BCUT2D eigenvalue weighted by atomic mass is 10.2. The predicted octanol–water partition coefficient (Wildman–Crippen LogP) is 3.04. The Labute approximate surface area is 168 Å². The van der Waals surface area contributed by atoms with E-state index >= 15 is 0 Å². The summed E-state index contributed by atoms with van der Waals surface area (Å²) in [6, 6.07) is 7.64. The van der Waals surface area contributed by atoms with Crippen molar-refractivity contribution < 1.29 is 17.0 Å². The van der Waals surface area contributed by atoms with E-state index in [1.54, 1.807) is 12.1 Å². The number of H-pyrrole nitrogens is 1. The summed E-state index contributed by atoms with van der Waals surface area (Å²) in [4.78, 5) is 14.6. The highest BCUT2D eigenvalue weighted by Crippen LogP contribution is 2.35. The standard InChI is InChI=1S/C19H15FN4O3S2/c1-11-3-5-12(6-4-11)29(26,27)17-14(20)10-23-19-16(17)13(9-22-19)18-21-8-7-15(24-18)28(2)25/h3-10H,1-2H3,(H,22,23). The number of pyridine rings is 1. The van der Waals surface area contributed by atoms with Crippen molar-refractivity contribution >= 4 is 31.7 Å². The van der Waals surface area contributed by atoms with Crippen LogP contribution in [-0.4, -0.2) is 38.8 Å². The summed E-state index contributed by atoms with van der Waals surface area (Å²) >= 11 is 0. The van der Waals surface area contributed by atoms with E-state index in [1.807, 2.05) is 6.92 Å². The Morgan fingerprint density at radius 3 is 2.52 bits per heavy atom.